The number of hydrogen-bond acceptors (Lipinski definition) is 8. The number of carbonyl (C=O) groups is 1. The Hall–Kier alpha value is -3.59. The van der Waals surface area contributed by atoms with Gasteiger partial charge in [0.25, 0.3) is 0 Å². The van der Waals surface area contributed by atoms with Gasteiger partial charge in [-0.25, -0.2) is 9.97 Å². The maximum absolute atomic E-state index is 12.8. The number of aliphatic hydroxyl groups is 1. The van der Waals surface area contributed by atoms with Crippen LogP contribution in [0.3, 0.4) is 0 Å². The number of nitrogens with zero attached hydrogens (tertiary/aromatic N) is 5. The minimum Gasteiger partial charge on any atom is -0.491 e. The van der Waals surface area contributed by atoms with Crippen LogP contribution in [0, 0.1) is 6.92 Å². The second-order valence-electron chi connectivity index (χ2n) is 9.12. The molecular formula is C25H30N6O3. The summed E-state index contributed by atoms with van der Waals surface area (Å²) in [5, 5.41) is 11.9. The summed E-state index contributed by atoms with van der Waals surface area (Å²) in [6, 6.07) is 7.18. The van der Waals surface area contributed by atoms with Crippen LogP contribution in [0.15, 0.2) is 36.7 Å². The topological polar surface area (TPSA) is 113 Å². The summed E-state index contributed by atoms with van der Waals surface area (Å²) in [6.45, 7) is 6.51. The lowest BCUT2D eigenvalue weighted by atomic mass is 9.87. The number of likely N-dealkylation sites (N-methyl/N-ethyl adjacent to an activating group) is 1. The van der Waals surface area contributed by atoms with Crippen molar-refractivity contribution in [2.45, 2.75) is 39.0 Å². The SMILES string of the molecule is Cc1ccc(NC(=O)CN(C)c2nc(-c3cc(OCCO)ccn3)nc3c2C(C)(C)CC3)cn1. The number of aromatic nitrogens is 4. The summed E-state index contributed by atoms with van der Waals surface area (Å²) in [5.74, 6) is 1.64. The van der Waals surface area contributed by atoms with Crippen LogP contribution in [0.5, 0.6) is 5.75 Å². The number of nitrogens with one attached hydrogen (secondary N) is 1. The molecule has 3 aromatic rings. The van der Waals surface area contributed by atoms with Crippen LogP contribution in [0.2, 0.25) is 0 Å². The van der Waals surface area contributed by atoms with Crippen molar-refractivity contribution in [1.29, 1.82) is 0 Å². The normalized spacial score (nSPS) is 13.9. The van der Waals surface area contributed by atoms with Gasteiger partial charge in [-0.1, -0.05) is 13.8 Å². The molecule has 0 atom stereocenters. The first kappa shape index (κ1) is 23.6. The quantitative estimate of drug-likeness (QED) is 0.525. The Labute approximate surface area is 199 Å². The first-order valence-corrected chi connectivity index (χ1v) is 11.3. The lowest BCUT2D eigenvalue weighted by Crippen LogP contribution is -2.33. The monoisotopic (exact) mass is 462 g/mol. The second kappa shape index (κ2) is 9.72. The van der Waals surface area contributed by atoms with Gasteiger partial charge in [-0.2, -0.15) is 0 Å². The average Bonchev–Trinajstić information content (AvgIpc) is 3.13. The van der Waals surface area contributed by atoms with E-state index in [0.717, 1.165) is 35.6 Å². The third-order valence-corrected chi connectivity index (χ3v) is 5.89. The zero-order valence-corrected chi connectivity index (χ0v) is 20.0. The van der Waals surface area contributed by atoms with Crippen molar-refractivity contribution in [2.24, 2.45) is 0 Å². The van der Waals surface area contributed by atoms with E-state index in [1.165, 1.54) is 0 Å². The van der Waals surface area contributed by atoms with Gasteiger partial charge < -0.3 is 20.1 Å². The van der Waals surface area contributed by atoms with E-state index < -0.39 is 0 Å². The number of hydrogen-bond donors (Lipinski definition) is 2. The third-order valence-electron chi connectivity index (χ3n) is 5.89. The highest BCUT2D eigenvalue weighted by Gasteiger charge is 2.36. The molecule has 0 bridgehead atoms. The van der Waals surface area contributed by atoms with Crippen molar-refractivity contribution in [3.63, 3.8) is 0 Å². The summed E-state index contributed by atoms with van der Waals surface area (Å²) < 4.78 is 5.52. The summed E-state index contributed by atoms with van der Waals surface area (Å²) in [7, 11) is 1.86. The molecule has 0 spiro atoms. The van der Waals surface area contributed by atoms with Gasteiger partial charge >= 0.3 is 0 Å². The molecule has 178 valence electrons. The standard InChI is InChI=1S/C25H30N6O3/c1-16-5-6-17(14-27-16)28-21(33)15-31(4)24-22-19(7-9-25(22,2)3)29-23(30-24)20-13-18(8-10-26-20)34-12-11-32/h5-6,8,10,13-14,32H,7,9,11-12,15H2,1-4H3,(H,28,33). The molecule has 3 aromatic heterocycles. The number of carbonyl (C=O) groups excluding carboxylic acids is 1. The number of fused-ring (bicyclic) bond motifs is 1. The summed E-state index contributed by atoms with van der Waals surface area (Å²) >= 11 is 0. The molecule has 34 heavy (non-hydrogen) atoms. The van der Waals surface area contributed by atoms with Crippen molar-refractivity contribution in [3.8, 4) is 17.3 Å². The van der Waals surface area contributed by atoms with Crippen molar-refractivity contribution >= 4 is 17.4 Å². The number of pyridine rings is 2. The first-order valence-electron chi connectivity index (χ1n) is 11.3. The molecule has 9 nitrogen and oxygen atoms in total. The van der Waals surface area contributed by atoms with E-state index >= 15 is 0 Å². The maximum Gasteiger partial charge on any atom is 0.243 e. The molecule has 4 rings (SSSR count). The third kappa shape index (κ3) is 5.14. The molecule has 0 radical (unpaired) electrons. The van der Waals surface area contributed by atoms with E-state index in [1.807, 2.05) is 31.0 Å². The molecule has 3 heterocycles. The highest BCUT2D eigenvalue weighted by molar-refractivity contribution is 5.94. The fraction of sp³-hybridized carbons (Fsp3) is 0.400. The number of ether oxygens (including phenoxy) is 1. The van der Waals surface area contributed by atoms with Gasteiger partial charge in [0.15, 0.2) is 5.82 Å². The van der Waals surface area contributed by atoms with Gasteiger partial charge in [0.2, 0.25) is 5.91 Å². The Morgan fingerprint density at radius 1 is 1.24 bits per heavy atom. The zero-order valence-electron chi connectivity index (χ0n) is 20.0. The summed E-state index contributed by atoms with van der Waals surface area (Å²) in [6.07, 6.45) is 5.07. The fourth-order valence-electron chi connectivity index (χ4n) is 4.13. The van der Waals surface area contributed by atoms with Crippen molar-refractivity contribution in [2.75, 3.05) is 37.0 Å². The van der Waals surface area contributed by atoms with Gasteiger partial charge in [-0.15, -0.1) is 0 Å². The molecule has 0 saturated carbocycles. The lowest BCUT2D eigenvalue weighted by Gasteiger charge is -2.27. The Morgan fingerprint density at radius 3 is 2.79 bits per heavy atom. The van der Waals surface area contributed by atoms with Crippen LogP contribution < -0.4 is 15.0 Å². The largest absolute Gasteiger partial charge is 0.491 e. The molecule has 0 aliphatic heterocycles. The van der Waals surface area contributed by atoms with E-state index in [0.29, 0.717) is 23.0 Å². The van der Waals surface area contributed by atoms with Crippen LogP contribution in [-0.2, 0) is 16.6 Å². The number of anilines is 2. The molecule has 1 aliphatic rings. The van der Waals surface area contributed by atoms with Crippen molar-refractivity contribution in [3.05, 3.63) is 53.6 Å². The van der Waals surface area contributed by atoms with Crippen molar-refractivity contribution < 1.29 is 14.6 Å². The van der Waals surface area contributed by atoms with Crippen LogP contribution in [-0.4, -0.2) is 57.8 Å². The Morgan fingerprint density at radius 2 is 2.06 bits per heavy atom. The Balaban J connectivity index is 1.64. The van der Waals surface area contributed by atoms with E-state index in [-0.39, 0.29) is 31.1 Å². The molecule has 2 N–H and O–H groups in total. The minimum atomic E-state index is -0.157. The van der Waals surface area contributed by atoms with Gasteiger partial charge in [0.1, 0.15) is 23.9 Å². The van der Waals surface area contributed by atoms with Crippen LogP contribution in [0.25, 0.3) is 11.5 Å². The molecule has 9 heteroatoms. The number of rotatable bonds is 8. The lowest BCUT2D eigenvalue weighted by molar-refractivity contribution is -0.114. The minimum absolute atomic E-state index is 0.0717. The predicted molar refractivity (Wildman–Crippen MR) is 130 cm³/mol. The highest BCUT2D eigenvalue weighted by Crippen LogP contribution is 2.43. The van der Waals surface area contributed by atoms with Crippen LogP contribution in [0.4, 0.5) is 11.5 Å². The first-order chi connectivity index (χ1) is 16.3. The molecule has 0 unspecified atom stereocenters. The molecular weight excluding hydrogens is 432 g/mol. The van der Waals surface area contributed by atoms with E-state index in [4.69, 9.17) is 19.8 Å². The Bertz CT molecular complexity index is 1180. The van der Waals surface area contributed by atoms with Crippen LogP contribution >= 0.6 is 0 Å². The zero-order chi connectivity index (χ0) is 24.3. The fourth-order valence-corrected chi connectivity index (χ4v) is 4.13. The summed E-state index contributed by atoms with van der Waals surface area (Å²) in [4.78, 5) is 33.0. The number of aryl methyl sites for hydroxylation is 2. The Kier molecular flexibility index (Phi) is 6.74. The van der Waals surface area contributed by atoms with Crippen molar-refractivity contribution in [1.82, 2.24) is 19.9 Å². The average molecular weight is 463 g/mol. The van der Waals surface area contributed by atoms with E-state index in [2.05, 4.69) is 29.1 Å². The highest BCUT2D eigenvalue weighted by atomic mass is 16.5. The van der Waals surface area contributed by atoms with Gasteiger partial charge in [0.05, 0.1) is 30.7 Å². The molecule has 1 aliphatic carbocycles. The maximum atomic E-state index is 12.8. The number of amides is 1. The van der Waals surface area contributed by atoms with Gasteiger partial charge in [-0.05, 0) is 43.4 Å². The summed E-state index contributed by atoms with van der Waals surface area (Å²) in [5.41, 5.74) is 4.06. The van der Waals surface area contributed by atoms with E-state index in [9.17, 15) is 4.79 Å². The number of aliphatic hydroxyl groups excluding tert-OH is 1. The molecule has 0 fully saturated rings. The molecule has 0 saturated heterocycles. The van der Waals surface area contributed by atoms with Gasteiger partial charge in [0, 0.05) is 30.6 Å². The molecule has 0 aromatic carbocycles. The second-order valence-corrected chi connectivity index (χ2v) is 9.12. The smallest absolute Gasteiger partial charge is 0.243 e. The van der Waals surface area contributed by atoms with E-state index in [1.54, 1.807) is 24.5 Å². The predicted octanol–water partition coefficient (Wildman–Crippen LogP) is 2.91. The molecule has 1 amide bonds. The van der Waals surface area contributed by atoms with Gasteiger partial charge in [-0.3, -0.25) is 14.8 Å². The van der Waals surface area contributed by atoms with Crippen LogP contribution in [0.1, 0.15) is 37.2 Å².